The van der Waals surface area contributed by atoms with E-state index in [0.717, 1.165) is 0 Å². The van der Waals surface area contributed by atoms with Gasteiger partial charge in [-0.15, -0.1) is 0 Å². The highest BCUT2D eigenvalue weighted by Crippen LogP contribution is 1.88. The maximum absolute atomic E-state index is 2.33. The van der Waals surface area contributed by atoms with E-state index in [0.29, 0.717) is 0 Å². The van der Waals surface area contributed by atoms with Gasteiger partial charge in [0.25, 0.3) is 0 Å². The van der Waals surface area contributed by atoms with Gasteiger partial charge in [0.15, 0.2) is 0 Å². The average Bonchev–Trinajstić information content (AvgIpc) is 2.24. The first kappa shape index (κ1) is 11.0. The van der Waals surface area contributed by atoms with E-state index in [2.05, 4.69) is 50.3 Å². The highest BCUT2D eigenvalue weighted by atomic mass is 13.9. The van der Waals surface area contributed by atoms with Crippen LogP contribution in [0.2, 0.25) is 0 Å². The lowest BCUT2D eigenvalue weighted by Gasteiger charge is -1.91. The van der Waals surface area contributed by atoms with Gasteiger partial charge in [0.2, 0.25) is 0 Å². The number of benzene rings is 1. The average molecular weight is 188 g/mol. The van der Waals surface area contributed by atoms with Gasteiger partial charge in [-0.3, -0.25) is 0 Å². The van der Waals surface area contributed by atoms with Crippen molar-refractivity contribution in [1.82, 2.24) is 0 Å². The lowest BCUT2D eigenvalue weighted by molar-refractivity contribution is 0.985. The zero-order valence-corrected chi connectivity index (χ0v) is 9.29. The summed E-state index contributed by atoms with van der Waals surface area (Å²) in [5.41, 5.74) is 0. The van der Waals surface area contributed by atoms with Gasteiger partial charge in [-0.25, -0.2) is 0 Å². The molecule has 0 amide bonds. The summed E-state index contributed by atoms with van der Waals surface area (Å²) in [6, 6.07) is 8.64. The fourth-order valence-corrected chi connectivity index (χ4v) is 1.48. The molecule has 0 spiro atoms. The summed E-state index contributed by atoms with van der Waals surface area (Å²) in [5.74, 6) is 0. The highest BCUT2D eigenvalue weighted by Gasteiger charge is 1.83. The van der Waals surface area contributed by atoms with E-state index in [-0.39, 0.29) is 0 Å². The lowest BCUT2D eigenvalue weighted by atomic mass is 10.1. The molecule has 0 heterocycles. The molecular weight excluding hydrogens is 168 g/mol. The third kappa shape index (κ3) is 3.37. The summed E-state index contributed by atoms with van der Waals surface area (Å²) in [4.78, 5) is 0. The van der Waals surface area contributed by atoms with Crippen LogP contribution >= 0.6 is 0 Å². The molecule has 0 saturated heterocycles. The Labute approximate surface area is 87.0 Å². The largest absolute Gasteiger partial charge is 0.0767 e. The van der Waals surface area contributed by atoms with Crippen LogP contribution in [0.3, 0.4) is 0 Å². The molecule has 0 N–H and O–H groups in total. The molecule has 0 radical (unpaired) electrons. The molecule has 0 atom stereocenters. The highest BCUT2D eigenvalue weighted by molar-refractivity contribution is 5.31. The summed E-state index contributed by atoms with van der Waals surface area (Å²) in [5, 5.41) is 2.78. The fraction of sp³-hybridized carbons (Fsp3) is 0.429. The topological polar surface area (TPSA) is 0 Å². The molecule has 0 aliphatic carbocycles. The minimum atomic E-state index is 1.18. The molecule has 0 unspecified atom stereocenters. The van der Waals surface area contributed by atoms with Crippen LogP contribution in [0.15, 0.2) is 24.3 Å². The number of hydrogen-bond donors (Lipinski definition) is 0. The molecule has 0 aromatic heterocycles. The van der Waals surface area contributed by atoms with Crippen LogP contribution in [0, 0.1) is 0 Å². The minimum absolute atomic E-state index is 1.18. The quantitative estimate of drug-likeness (QED) is 0.681. The maximum Gasteiger partial charge on any atom is -0.0227 e. The van der Waals surface area contributed by atoms with Crippen LogP contribution in [0.25, 0.3) is 12.2 Å². The minimum Gasteiger partial charge on any atom is -0.0767 e. The number of hydrogen-bond acceptors (Lipinski definition) is 0. The molecular formula is C14H20. The van der Waals surface area contributed by atoms with E-state index in [1.165, 1.54) is 36.1 Å². The first-order valence-corrected chi connectivity index (χ1v) is 5.64. The van der Waals surface area contributed by atoms with E-state index in [9.17, 15) is 0 Å². The Morgan fingerprint density at radius 3 is 1.64 bits per heavy atom. The molecule has 1 aromatic rings. The Morgan fingerprint density at radius 1 is 0.857 bits per heavy atom. The van der Waals surface area contributed by atoms with Crippen molar-refractivity contribution in [3.05, 3.63) is 34.7 Å². The Bertz CT molecular complexity index is 323. The van der Waals surface area contributed by atoms with Crippen molar-refractivity contribution in [1.29, 1.82) is 0 Å². The van der Waals surface area contributed by atoms with Gasteiger partial charge in [-0.1, -0.05) is 63.1 Å². The molecule has 0 bridgehead atoms. The van der Waals surface area contributed by atoms with Crippen molar-refractivity contribution >= 4 is 12.2 Å². The third-order valence-corrected chi connectivity index (χ3v) is 2.30. The molecule has 1 rings (SSSR count). The molecule has 76 valence electrons. The molecule has 0 fully saturated rings. The smallest absolute Gasteiger partial charge is 0.0227 e. The van der Waals surface area contributed by atoms with Crippen LogP contribution in [0.5, 0.6) is 0 Å². The lowest BCUT2D eigenvalue weighted by Crippen LogP contribution is -2.23. The van der Waals surface area contributed by atoms with Gasteiger partial charge in [-0.2, -0.15) is 0 Å². The van der Waals surface area contributed by atoms with Crippen LogP contribution < -0.4 is 10.4 Å². The summed E-state index contributed by atoms with van der Waals surface area (Å²) in [7, 11) is 0. The molecule has 0 heteroatoms. The van der Waals surface area contributed by atoms with Crippen LogP contribution in [-0.4, -0.2) is 0 Å². The van der Waals surface area contributed by atoms with E-state index in [1.807, 2.05) is 0 Å². The van der Waals surface area contributed by atoms with Gasteiger partial charge in [-0.05, 0) is 23.3 Å². The van der Waals surface area contributed by atoms with Gasteiger partial charge in [0, 0.05) is 0 Å². The molecule has 1 aromatic carbocycles. The molecule has 0 aliphatic heterocycles. The summed E-state index contributed by atoms with van der Waals surface area (Å²) in [6.45, 7) is 4.43. The monoisotopic (exact) mass is 188 g/mol. The Balaban J connectivity index is 3.03. The van der Waals surface area contributed by atoms with E-state index < -0.39 is 0 Å². The summed E-state index contributed by atoms with van der Waals surface area (Å²) in [6.07, 6.45) is 9.47. The normalized spacial score (nSPS) is 13.6. The van der Waals surface area contributed by atoms with Crippen molar-refractivity contribution in [3.63, 3.8) is 0 Å². The van der Waals surface area contributed by atoms with Gasteiger partial charge in [0.1, 0.15) is 0 Å². The molecule has 0 aliphatic rings. The molecule has 14 heavy (non-hydrogen) atoms. The van der Waals surface area contributed by atoms with Crippen LogP contribution in [0.4, 0.5) is 0 Å². The Hall–Kier alpha value is -1.04. The summed E-state index contributed by atoms with van der Waals surface area (Å²) < 4.78 is 0. The number of unbranched alkanes of at least 4 members (excludes halogenated alkanes) is 2. The zero-order valence-electron chi connectivity index (χ0n) is 9.29. The van der Waals surface area contributed by atoms with Crippen molar-refractivity contribution in [2.24, 2.45) is 0 Å². The first-order valence-electron chi connectivity index (χ1n) is 5.64. The van der Waals surface area contributed by atoms with Gasteiger partial charge < -0.3 is 0 Å². The SMILES string of the molecule is CCC/C=c1\cccc\c1=C/CCC. The third-order valence-electron chi connectivity index (χ3n) is 2.30. The maximum atomic E-state index is 2.33. The zero-order chi connectivity index (χ0) is 10.2. The van der Waals surface area contributed by atoms with Crippen molar-refractivity contribution in [2.75, 3.05) is 0 Å². The number of rotatable bonds is 4. The van der Waals surface area contributed by atoms with Crippen molar-refractivity contribution < 1.29 is 0 Å². The molecule has 0 saturated carbocycles. The molecule has 0 nitrogen and oxygen atoms in total. The standard InChI is InChI=1S/C14H20/c1-3-5-9-13-11-7-8-12-14(13)10-6-4-2/h7-12H,3-6H2,1-2H3/b13-9+,14-10+. The Kier molecular flexibility index (Phi) is 5.06. The first-order chi connectivity index (χ1) is 6.88. The van der Waals surface area contributed by atoms with Crippen molar-refractivity contribution in [3.8, 4) is 0 Å². The summed E-state index contributed by atoms with van der Waals surface area (Å²) >= 11 is 0. The second kappa shape index (κ2) is 6.42. The van der Waals surface area contributed by atoms with Crippen molar-refractivity contribution in [2.45, 2.75) is 39.5 Å². The Morgan fingerprint density at radius 2 is 1.29 bits per heavy atom. The van der Waals surface area contributed by atoms with E-state index >= 15 is 0 Å². The van der Waals surface area contributed by atoms with Gasteiger partial charge in [0.05, 0.1) is 0 Å². The second-order valence-corrected chi connectivity index (χ2v) is 3.61. The predicted molar refractivity (Wildman–Crippen MR) is 64.4 cm³/mol. The fourth-order valence-electron chi connectivity index (χ4n) is 1.48. The van der Waals surface area contributed by atoms with E-state index in [4.69, 9.17) is 0 Å². The van der Waals surface area contributed by atoms with Gasteiger partial charge >= 0.3 is 0 Å². The van der Waals surface area contributed by atoms with Crippen LogP contribution in [0.1, 0.15) is 39.5 Å². The predicted octanol–water partition coefficient (Wildman–Crippen LogP) is 2.85. The van der Waals surface area contributed by atoms with Crippen LogP contribution in [-0.2, 0) is 0 Å². The van der Waals surface area contributed by atoms with E-state index in [1.54, 1.807) is 0 Å². The second-order valence-electron chi connectivity index (χ2n) is 3.61.